The molecule has 24 heavy (non-hydrogen) atoms. The molecule has 0 aliphatic carbocycles. The normalized spacial score (nSPS) is 18.5. The summed E-state index contributed by atoms with van der Waals surface area (Å²) in [6, 6.07) is 14.0. The van der Waals surface area contributed by atoms with E-state index in [1.807, 2.05) is 24.3 Å². The highest BCUT2D eigenvalue weighted by Gasteiger charge is 2.38. The van der Waals surface area contributed by atoms with Crippen LogP contribution in [0.1, 0.15) is 10.9 Å². The summed E-state index contributed by atoms with van der Waals surface area (Å²) < 4.78 is 38.1. The fourth-order valence-electron chi connectivity index (χ4n) is 2.70. The van der Waals surface area contributed by atoms with Gasteiger partial charge in [0.1, 0.15) is 11.5 Å². The fraction of sp³-hybridized carbons (Fsp3) is 0.294. The van der Waals surface area contributed by atoms with Gasteiger partial charge in [0.25, 0.3) is 0 Å². The van der Waals surface area contributed by atoms with Crippen LogP contribution in [-0.2, 0) is 10.0 Å². The maximum Gasteiger partial charge on any atom is 0.244 e. The summed E-state index contributed by atoms with van der Waals surface area (Å²) in [4.78, 5) is 0.269. The molecule has 7 heteroatoms. The molecule has 0 bridgehead atoms. The van der Waals surface area contributed by atoms with Crippen LogP contribution < -0.4 is 9.47 Å². The van der Waals surface area contributed by atoms with Crippen molar-refractivity contribution in [2.24, 2.45) is 0 Å². The molecule has 128 valence electrons. The first-order valence-corrected chi connectivity index (χ1v) is 9.97. The number of hydrogen-bond donors (Lipinski definition) is 0. The molecule has 0 N–H and O–H groups in total. The number of rotatable bonds is 5. The Labute approximate surface area is 146 Å². The predicted molar refractivity (Wildman–Crippen MR) is 95.1 cm³/mol. The Morgan fingerprint density at radius 3 is 2.42 bits per heavy atom. The van der Waals surface area contributed by atoms with Crippen LogP contribution in [-0.4, -0.2) is 39.2 Å². The van der Waals surface area contributed by atoms with Crippen LogP contribution in [0.5, 0.6) is 11.5 Å². The molecule has 0 amide bonds. The summed E-state index contributed by atoms with van der Waals surface area (Å²) in [5.74, 6) is 2.08. The highest BCUT2D eigenvalue weighted by atomic mass is 32.2. The maximum atomic E-state index is 13.0. The molecule has 0 radical (unpaired) electrons. The predicted octanol–water partition coefficient (Wildman–Crippen LogP) is 3.14. The molecule has 5 nitrogen and oxygen atoms in total. The molecule has 2 aromatic rings. The number of sulfonamides is 1. The van der Waals surface area contributed by atoms with Crippen molar-refractivity contribution in [1.82, 2.24) is 4.31 Å². The number of hydrogen-bond acceptors (Lipinski definition) is 5. The lowest BCUT2D eigenvalue weighted by atomic mass is 10.2. The van der Waals surface area contributed by atoms with E-state index in [2.05, 4.69) is 0 Å². The van der Waals surface area contributed by atoms with Gasteiger partial charge in [0, 0.05) is 17.9 Å². The summed E-state index contributed by atoms with van der Waals surface area (Å²) in [7, 11) is -0.433. The maximum absolute atomic E-state index is 13.0. The minimum absolute atomic E-state index is 0.269. The number of nitrogens with zero attached hydrogens (tertiary/aromatic N) is 1. The van der Waals surface area contributed by atoms with Gasteiger partial charge in [-0.1, -0.05) is 18.2 Å². The van der Waals surface area contributed by atoms with Gasteiger partial charge in [-0.2, -0.15) is 4.31 Å². The van der Waals surface area contributed by atoms with E-state index in [1.54, 1.807) is 50.2 Å². The van der Waals surface area contributed by atoms with Gasteiger partial charge in [0.15, 0.2) is 0 Å². The minimum Gasteiger partial charge on any atom is -0.497 e. The van der Waals surface area contributed by atoms with Gasteiger partial charge in [0.2, 0.25) is 10.0 Å². The molecule has 1 aliphatic heterocycles. The molecule has 1 aliphatic rings. The van der Waals surface area contributed by atoms with E-state index >= 15 is 0 Å². The average Bonchev–Trinajstić information content (AvgIpc) is 3.12. The van der Waals surface area contributed by atoms with E-state index in [0.29, 0.717) is 18.0 Å². The second-order valence-electron chi connectivity index (χ2n) is 5.26. The van der Waals surface area contributed by atoms with Gasteiger partial charge < -0.3 is 9.47 Å². The van der Waals surface area contributed by atoms with Gasteiger partial charge in [-0.15, -0.1) is 11.8 Å². The van der Waals surface area contributed by atoms with Crippen LogP contribution >= 0.6 is 11.8 Å². The van der Waals surface area contributed by atoms with E-state index in [-0.39, 0.29) is 10.3 Å². The van der Waals surface area contributed by atoms with Crippen molar-refractivity contribution in [2.75, 3.05) is 26.5 Å². The molecule has 0 unspecified atom stereocenters. The van der Waals surface area contributed by atoms with Gasteiger partial charge in [-0.05, 0) is 30.3 Å². The SMILES string of the molecule is COc1ccc(S(=O)(=O)N2CCS[C@@H]2c2ccccc2OC)cc1. The van der Waals surface area contributed by atoms with Gasteiger partial charge in [0.05, 0.1) is 24.5 Å². The van der Waals surface area contributed by atoms with Gasteiger partial charge in [-0.3, -0.25) is 0 Å². The lowest BCUT2D eigenvalue weighted by Crippen LogP contribution is -2.30. The van der Waals surface area contributed by atoms with Crippen molar-refractivity contribution < 1.29 is 17.9 Å². The topological polar surface area (TPSA) is 55.8 Å². The molecule has 1 fully saturated rings. The summed E-state index contributed by atoms with van der Waals surface area (Å²) >= 11 is 1.60. The molecular formula is C17H19NO4S2. The van der Waals surface area contributed by atoms with Crippen molar-refractivity contribution in [1.29, 1.82) is 0 Å². The Kier molecular flexibility index (Phi) is 5.03. The largest absolute Gasteiger partial charge is 0.497 e. The summed E-state index contributed by atoms with van der Waals surface area (Å²) in [6.45, 7) is 0.474. The number of ether oxygens (including phenoxy) is 2. The molecule has 0 saturated carbocycles. The van der Waals surface area contributed by atoms with Crippen molar-refractivity contribution in [3.05, 3.63) is 54.1 Å². The van der Waals surface area contributed by atoms with Crippen LogP contribution in [0.2, 0.25) is 0 Å². The Morgan fingerprint density at radius 2 is 1.75 bits per heavy atom. The number of para-hydroxylation sites is 1. The smallest absolute Gasteiger partial charge is 0.244 e. The second kappa shape index (κ2) is 7.04. The molecule has 1 atom stereocenters. The molecular weight excluding hydrogens is 346 g/mol. The molecule has 1 saturated heterocycles. The standard InChI is InChI=1S/C17H19NO4S2/c1-21-13-7-9-14(10-8-13)24(19,20)18-11-12-23-17(18)15-5-3-4-6-16(15)22-2/h3-10,17H,11-12H2,1-2H3/t17-/m1/s1. The molecule has 3 rings (SSSR count). The van der Waals surface area contributed by atoms with E-state index < -0.39 is 10.0 Å². The van der Waals surface area contributed by atoms with Crippen molar-refractivity contribution in [3.8, 4) is 11.5 Å². The first-order valence-electron chi connectivity index (χ1n) is 7.48. The van der Waals surface area contributed by atoms with Crippen LogP contribution in [0.4, 0.5) is 0 Å². The molecule has 0 aromatic heterocycles. The third-order valence-corrected chi connectivity index (χ3v) is 7.17. The zero-order valence-corrected chi connectivity index (χ0v) is 15.1. The minimum atomic E-state index is -3.58. The quantitative estimate of drug-likeness (QED) is 0.815. The summed E-state index contributed by atoms with van der Waals surface area (Å²) in [5.41, 5.74) is 0.875. The van der Waals surface area contributed by atoms with Crippen LogP contribution in [0, 0.1) is 0 Å². The van der Waals surface area contributed by atoms with E-state index in [4.69, 9.17) is 9.47 Å². The molecule has 2 aromatic carbocycles. The molecule has 1 heterocycles. The third-order valence-electron chi connectivity index (χ3n) is 3.92. The molecule has 0 spiro atoms. The number of thioether (sulfide) groups is 1. The van der Waals surface area contributed by atoms with Crippen LogP contribution in [0.25, 0.3) is 0 Å². The van der Waals surface area contributed by atoms with E-state index in [0.717, 1.165) is 11.3 Å². The monoisotopic (exact) mass is 365 g/mol. The third kappa shape index (κ3) is 3.11. The lowest BCUT2D eigenvalue weighted by molar-refractivity contribution is 0.390. The Bertz CT molecular complexity index is 806. The first-order chi connectivity index (χ1) is 11.6. The van der Waals surface area contributed by atoms with Gasteiger partial charge in [-0.25, -0.2) is 8.42 Å². The number of benzene rings is 2. The number of methoxy groups -OCH3 is 2. The van der Waals surface area contributed by atoms with Crippen LogP contribution in [0.15, 0.2) is 53.4 Å². The van der Waals surface area contributed by atoms with Gasteiger partial charge >= 0.3 is 0 Å². The van der Waals surface area contributed by atoms with Crippen molar-refractivity contribution >= 4 is 21.8 Å². The Hall–Kier alpha value is -1.70. The van der Waals surface area contributed by atoms with E-state index in [9.17, 15) is 8.42 Å². The lowest BCUT2D eigenvalue weighted by Gasteiger charge is -2.24. The Balaban J connectivity index is 1.97. The highest BCUT2D eigenvalue weighted by Crippen LogP contribution is 2.44. The Morgan fingerprint density at radius 1 is 1.04 bits per heavy atom. The van der Waals surface area contributed by atoms with Crippen LogP contribution in [0.3, 0.4) is 0 Å². The zero-order valence-electron chi connectivity index (χ0n) is 13.5. The fourth-order valence-corrected chi connectivity index (χ4v) is 5.96. The summed E-state index contributed by atoms with van der Waals surface area (Å²) in [6.07, 6.45) is 0. The first kappa shape index (κ1) is 17.1. The zero-order chi connectivity index (χ0) is 17.2. The second-order valence-corrected chi connectivity index (χ2v) is 8.34. The van der Waals surface area contributed by atoms with Crippen molar-refractivity contribution in [3.63, 3.8) is 0 Å². The van der Waals surface area contributed by atoms with E-state index in [1.165, 1.54) is 4.31 Å². The highest BCUT2D eigenvalue weighted by molar-refractivity contribution is 8.01. The van der Waals surface area contributed by atoms with Crippen molar-refractivity contribution in [2.45, 2.75) is 10.3 Å². The average molecular weight is 365 g/mol. The summed E-state index contributed by atoms with van der Waals surface area (Å²) in [5, 5.41) is -0.284.